The minimum absolute atomic E-state index is 0.0405. The first-order valence-corrected chi connectivity index (χ1v) is 6.83. The molecule has 0 aliphatic heterocycles. The fraction of sp³-hybridized carbons (Fsp3) is 0.769. The molecule has 0 aliphatic rings. The number of hydrogen-bond donors (Lipinski definition) is 4. The zero-order valence-electron chi connectivity index (χ0n) is 13.2. The fourth-order valence-corrected chi connectivity index (χ4v) is 1.42. The Morgan fingerprint density at radius 2 is 1.57 bits per heavy atom. The molecule has 0 bridgehead atoms. The van der Waals surface area contributed by atoms with Gasteiger partial charge in [0.2, 0.25) is 5.91 Å². The van der Waals surface area contributed by atoms with Crippen LogP contribution in [0.4, 0.5) is 13.2 Å². The number of aliphatic carboxylic acids is 2. The maximum atomic E-state index is 11.6. The first-order chi connectivity index (χ1) is 10.3. The summed E-state index contributed by atoms with van der Waals surface area (Å²) in [5.74, 6) is -3.76. The van der Waals surface area contributed by atoms with Gasteiger partial charge in [-0.3, -0.25) is 9.59 Å². The highest BCUT2D eigenvalue weighted by Crippen LogP contribution is 2.13. The van der Waals surface area contributed by atoms with Crippen LogP contribution in [-0.4, -0.2) is 46.8 Å². The second-order valence-corrected chi connectivity index (χ2v) is 5.37. The number of hydrogen-bond acceptors (Lipinski definition) is 4. The summed E-state index contributed by atoms with van der Waals surface area (Å²) in [5.41, 5.74) is 5.37. The van der Waals surface area contributed by atoms with E-state index in [0.29, 0.717) is 12.3 Å². The maximum Gasteiger partial charge on any atom is 0.490 e. The lowest BCUT2D eigenvalue weighted by atomic mass is 10.00. The summed E-state index contributed by atoms with van der Waals surface area (Å²) in [6.45, 7) is 5.98. The van der Waals surface area contributed by atoms with E-state index in [4.69, 9.17) is 20.7 Å². The lowest BCUT2D eigenvalue weighted by Gasteiger charge is -2.20. The summed E-state index contributed by atoms with van der Waals surface area (Å²) in [4.78, 5) is 31.1. The smallest absolute Gasteiger partial charge is 0.481 e. The number of alkyl halides is 3. The van der Waals surface area contributed by atoms with E-state index in [1.54, 1.807) is 6.92 Å². The van der Waals surface area contributed by atoms with Crippen molar-refractivity contribution >= 4 is 17.8 Å². The van der Waals surface area contributed by atoms with E-state index in [1.165, 1.54) is 0 Å². The molecule has 0 saturated heterocycles. The molecule has 0 aromatic heterocycles. The third-order valence-electron chi connectivity index (χ3n) is 2.57. The summed E-state index contributed by atoms with van der Waals surface area (Å²) in [7, 11) is 0. The van der Waals surface area contributed by atoms with Crippen LogP contribution in [0.1, 0.15) is 33.6 Å². The standard InChI is InChI=1S/C11H22N2O3.C2HF3O2/c1-7(2)4-9(5-10(14)15)13-11(16)8(3)6-12;3-2(4,5)1(6)7/h7-9H,4-6,12H2,1-3H3,(H,13,16)(H,14,15);(H,6,7)/t8-,9-;/m0./s1. The summed E-state index contributed by atoms with van der Waals surface area (Å²) in [6, 6.07) is -0.306. The Morgan fingerprint density at radius 1 is 1.13 bits per heavy atom. The van der Waals surface area contributed by atoms with Crippen LogP contribution in [0, 0.1) is 11.8 Å². The summed E-state index contributed by atoms with van der Waals surface area (Å²) < 4.78 is 31.7. The number of carbonyl (C=O) groups is 3. The molecule has 23 heavy (non-hydrogen) atoms. The van der Waals surface area contributed by atoms with Crippen LogP contribution in [0.3, 0.4) is 0 Å². The van der Waals surface area contributed by atoms with Gasteiger partial charge in [-0.2, -0.15) is 13.2 Å². The van der Waals surface area contributed by atoms with Gasteiger partial charge in [-0.05, 0) is 12.3 Å². The van der Waals surface area contributed by atoms with E-state index in [-0.39, 0.29) is 30.8 Å². The van der Waals surface area contributed by atoms with Crippen molar-refractivity contribution in [3.63, 3.8) is 0 Å². The fourth-order valence-electron chi connectivity index (χ4n) is 1.42. The molecule has 0 aromatic rings. The van der Waals surface area contributed by atoms with Crippen molar-refractivity contribution < 1.29 is 37.8 Å². The highest BCUT2D eigenvalue weighted by atomic mass is 19.4. The van der Waals surface area contributed by atoms with E-state index in [9.17, 15) is 22.8 Å². The molecule has 2 atom stereocenters. The summed E-state index contributed by atoms with van der Waals surface area (Å²) in [6.07, 6.45) is -4.46. The summed E-state index contributed by atoms with van der Waals surface area (Å²) >= 11 is 0. The Hall–Kier alpha value is -1.84. The quantitative estimate of drug-likeness (QED) is 0.549. The number of nitrogens with one attached hydrogen (secondary N) is 1. The number of nitrogens with two attached hydrogens (primary N) is 1. The molecule has 5 N–H and O–H groups in total. The molecule has 1 amide bonds. The molecule has 0 saturated carbocycles. The average Bonchev–Trinajstić information content (AvgIpc) is 2.35. The SMILES string of the molecule is CC(C)C[C@@H](CC(=O)O)NC(=O)[C@@H](C)CN.O=C(O)C(F)(F)F. The third kappa shape index (κ3) is 13.5. The van der Waals surface area contributed by atoms with E-state index in [1.807, 2.05) is 13.8 Å². The molecule has 0 fully saturated rings. The number of rotatable bonds is 7. The second kappa shape index (κ2) is 10.8. The predicted molar refractivity (Wildman–Crippen MR) is 75.5 cm³/mol. The van der Waals surface area contributed by atoms with E-state index in [2.05, 4.69) is 5.32 Å². The van der Waals surface area contributed by atoms with Crippen molar-refractivity contribution in [2.45, 2.75) is 45.8 Å². The molecule has 136 valence electrons. The monoisotopic (exact) mass is 344 g/mol. The van der Waals surface area contributed by atoms with Gasteiger partial charge in [0.15, 0.2) is 0 Å². The zero-order valence-corrected chi connectivity index (χ0v) is 13.2. The largest absolute Gasteiger partial charge is 0.490 e. The van der Waals surface area contributed by atoms with E-state index >= 15 is 0 Å². The number of carboxylic acids is 2. The Morgan fingerprint density at radius 3 is 1.83 bits per heavy atom. The van der Waals surface area contributed by atoms with Gasteiger partial charge < -0.3 is 21.3 Å². The Bertz CT molecular complexity index is 400. The van der Waals surface area contributed by atoms with Crippen LogP contribution in [0.25, 0.3) is 0 Å². The van der Waals surface area contributed by atoms with Gasteiger partial charge in [0, 0.05) is 18.5 Å². The molecule has 0 aliphatic carbocycles. The van der Waals surface area contributed by atoms with Crippen LogP contribution < -0.4 is 11.1 Å². The highest BCUT2D eigenvalue weighted by molar-refractivity contribution is 5.79. The molecule has 0 spiro atoms. The van der Waals surface area contributed by atoms with Crippen LogP contribution in [0.15, 0.2) is 0 Å². The third-order valence-corrected chi connectivity index (χ3v) is 2.57. The Labute approximate surface area is 132 Å². The minimum Gasteiger partial charge on any atom is -0.481 e. The minimum atomic E-state index is -5.08. The molecule has 0 radical (unpaired) electrons. The van der Waals surface area contributed by atoms with Gasteiger partial charge >= 0.3 is 18.1 Å². The van der Waals surface area contributed by atoms with Crippen molar-refractivity contribution in [2.24, 2.45) is 17.6 Å². The Balaban J connectivity index is 0. The molecule has 0 rings (SSSR count). The van der Waals surface area contributed by atoms with Crippen LogP contribution >= 0.6 is 0 Å². The number of carboxylic acid groups (broad SMARTS) is 2. The van der Waals surface area contributed by atoms with Gasteiger partial charge in [-0.25, -0.2) is 4.79 Å². The first-order valence-electron chi connectivity index (χ1n) is 6.83. The molecule has 0 heterocycles. The molecule has 10 heteroatoms. The molecular formula is C13H23F3N2O5. The van der Waals surface area contributed by atoms with Gasteiger partial charge in [0.25, 0.3) is 0 Å². The second-order valence-electron chi connectivity index (χ2n) is 5.37. The van der Waals surface area contributed by atoms with Crippen molar-refractivity contribution in [2.75, 3.05) is 6.54 Å². The van der Waals surface area contributed by atoms with Gasteiger partial charge in [0.05, 0.1) is 6.42 Å². The number of amides is 1. The maximum absolute atomic E-state index is 11.6. The van der Waals surface area contributed by atoms with Crippen molar-refractivity contribution in [3.8, 4) is 0 Å². The van der Waals surface area contributed by atoms with Crippen LogP contribution in [0.5, 0.6) is 0 Å². The predicted octanol–water partition coefficient (Wildman–Crippen LogP) is 1.22. The normalized spacial score (nSPS) is 13.6. The van der Waals surface area contributed by atoms with Gasteiger partial charge in [-0.1, -0.05) is 20.8 Å². The molecule has 7 nitrogen and oxygen atoms in total. The molecular weight excluding hydrogens is 321 g/mol. The average molecular weight is 344 g/mol. The van der Waals surface area contributed by atoms with Crippen LogP contribution in [-0.2, 0) is 14.4 Å². The number of halogens is 3. The zero-order chi connectivity index (χ0) is 18.8. The molecule has 0 aromatic carbocycles. The van der Waals surface area contributed by atoms with Gasteiger partial charge in [-0.15, -0.1) is 0 Å². The highest BCUT2D eigenvalue weighted by Gasteiger charge is 2.38. The summed E-state index contributed by atoms with van der Waals surface area (Å²) in [5, 5.41) is 18.6. The Kier molecular flexibility index (Phi) is 11.0. The topological polar surface area (TPSA) is 130 Å². The lowest BCUT2D eigenvalue weighted by Crippen LogP contribution is -2.42. The number of carbonyl (C=O) groups excluding carboxylic acids is 1. The lowest BCUT2D eigenvalue weighted by molar-refractivity contribution is -0.192. The first kappa shape index (κ1) is 23.4. The molecule has 0 unspecified atom stereocenters. The van der Waals surface area contributed by atoms with E-state index in [0.717, 1.165) is 0 Å². The van der Waals surface area contributed by atoms with Crippen LogP contribution in [0.2, 0.25) is 0 Å². The van der Waals surface area contributed by atoms with Crippen molar-refractivity contribution in [1.82, 2.24) is 5.32 Å². The van der Waals surface area contributed by atoms with Crippen molar-refractivity contribution in [1.29, 1.82) is 0 Å². The van der Waals surface area contributed by atoms with Gasteiger partial charge in [0.1, 0.15) is 0 Å². The van der Waals surface area contributed by atoms with Crippen molar-refractivity contribution in [3.05, 3.63) is 0 Å². The van der Waals surface area contributed by atoms with E-state index < -0.39 is 18.1 Å².